The minimum Gasteiger partial charge on any atom is -0.351 e. The van der Waals surface area contributed by atoms with Crippen molar-refractivity contribution in [2.75, 3.05) is 11.9 Å². The van der Waals surface area contributed by atoms with Gasteiger partial charge in [0.25, 0.3) is 0 Å². The van der Waals surface area contributed by atoms with Gasteiger partial charge in [-0.3, -0.25) is 4.90 Å². The Balaban J connectivity index is 3.12. The molecule has 0 heterocycles. The molecule has 0 unspecified atom stereocenters. The summed E-state index contributed by atoms with van der Waals surface area (Å²) in [6.07, 6.45) is 0. The summed E-state index contributed by atoms with van der Waals surface area (Å²) < 4.78 is 13.8. The number of carbonyl (C=O) groups excluding carboxylic acids is 1. The van der Waals surface area contributed by atoms with Gasteiger partial charge in [-0.15, -0.1) is 0 Å². The summed E-state index contributed by atoms with van der Waals surface area (Å²) in [5, 5.41) is 0. The second kappa shape index (κ2) is 3.74. The van der Waals surface area contributed by atoms with Gasteiger partial charge in [-0.1, -0.05) is 15.9 Å². The standard InChI is InChI=1S/C8H8BrFN2O/c1-12(8(11)13)7-4-5(9)2-3-6(7)10/h2-4H,1H3,(H2,11,13). The number of hydrogen-bond donors (Lipinski definition) is 1. The van der Waals surface area contributed by atoms with Crippen LogP contribution in [0, 0.1) is 5.82 Å². The normalized spacial score (nSPS) is 9.77. The van der Waals surface area contributed by atoms with Crippen LogP contribution in [-0.2, 0) is 0 Å². The molecule has 0 aliphatic carbocycles. The van der Waals surface area contributed by atoms with Gasteiger partial charge in [0, 0.05) is 11.5 Å². The molecule has 70 valence electrons. The molecule has 0 saturated heterocycles. The highest BCUT2D eigenvalue weighted by molar-refractivity contribution is 9.10. The lowest BCUT2D eigenvalue weighted by Gasteiger charge is -2.14. The third-order valence-electron chi connectivity index (χ3n) is 1.60. The Bertz CT molecular complexity index is 343. The van der Waals surface area contributed by atoms with E-state index >= 15 is 0 Å². The molecule has 1 aromatic rings. The quantitative estimate of drug-likeness (QED) is 0.811. The zero-order valence-corrected chi connectivity index (χ0v) is 8.51. The van der Waals surface area contributed by atoms with Crippen molar-refractivity contribution in [1.29, 1.82) is 0 Å². The third kappa shape index (κ3) is 2.18. The summed E-state index contributed by atoms with van der Waals surface area (Å²) in [6.45, 7) is 0. The smallest absolute Gasteiger partial charge is 0.319 e. The van der Waals surface area contributed by atoms with E-state index in [4.69, 9.17) is 5.73 Å². The van der Waals surface area contributed by atoms with Crippen molar-refractivity contribution in [2.45, 2.75) is 0 Å². The fourth-order valence-electron chi connectivity index (χ4n) is 0.862. The molecule has 0 saturated carbocycles. The Morgan fingerprint density at radius 3 is 2.77 bits per heavy atom. The number of rotatable bonds is 1. The van der Waals surface area contributed by atoms with E-state index in [0.717, 1.165) is 4.90 Å². The number of nitrogens with zero attached hydrogens (tertiary/aromatic N) is 1. The maximum atomic E-state index is 13.1. The van der Waals surface area contributed by atoms with Crippen LogP contribution in [-0.4, -0.2) is 13.1 Å². The fraction of sp³-hybridized carbons (Fsp3) is 0.125. The number of primary amides is 1. The van der Waals surface area contributed by atoms with E-state index in [1.807, 2.05) is 0 Å². The first-order valence-electron chi connectivity index (χ1n) is 3.50. The van der Waals surface area contributed by atoms with E-state index in [-0.39, 0.29) is 5.69 Å². The van der Waals surface area contributed by atoms with Crippen LogP contribution >= 0.6 is 15.9 Å². The average Bonchev–Trinajstić information content (AvgIpc) is 2.08. The molecule has 13 heavy (non-hydrogen) atoms. The first-order chi connectivity index (χ1) is 6.02. The lowest BCUT2D eigenvalue weighted by molar-refractivity contribution is 0.255. The van der Waals surface area contributed by atoms with E-state index in [1.54, 1.807) is 6.07 Å². The number of carbonyl (C=O) groups is 1. The van der Waals surface area contributed by atoms with Gasteiger partial charge < -0.3 is 5.73 Å². The highest BCUT2D eigenvalue weighted by Crippen LogP contribution is 2.22. The SMILES string of the molecule is CN(C(N)=O)c1cc(Br)ccc1F. The molecule has 0 spiro atoms. The molecule has 0 atom stereocenters. The van der Waals surface area contributed by atoms with E-state index in [0.29, 0.717) is 4.47 Å². The predicted molar refractivity (Wildman–Crippen MR) is 52.1 cm³/mol. The molecule has 1 rings (SSSR count). The van der Waals surface area contributed by atoms with Crippen LogP contribution in [0.25, 0.3) is 0 Å². The molecule has 0 bridgehead atoms. The molecule has 0 aromatic heterocycles. The van der Waals surface area contributed by atoms with E-state index in [2.05, 4.69) is 15.9 Å². The Labute approximate surface area is 83.5 Å². The third-order valence-corrected chi connectivity index (χ3v) is 2.09. The molecule has 2 N–H and O–H groups in total. The predicted octanol–water partition coefficient (Wildman–Crippen LogP) is 2.10. The van der Waals surface area contributed by atoms with Gasteiger partial charge in [-0.25, -0.2) is 9.18 Å². The summed E-state index contributed by atoms with van der Waals surface area (Å²) in [5.74, 6) is -0.482. The van der Waals surface area contributed by atoms with Crippen molar-refractivity contribution in [3.05, 3.63) is 28.5 Å². The molecule has 0 fully saturated rings. The number of anilines is 1. The monoisotopic (exact) mass is 246 g/mol. The van der Waals surface area contributed by atoms with Crippen LogP contribution in [0.1, 0.15) is 0 Å². The number of hydrogen-bond acceptors (Lipinski definition) is 1. The molecular formula is C8H8BrFN2O. The van der Waals surface area contributed by atoms with Crippen molar-refractivity contribution >= 4 is 27.6 Å². The Morgan fingerprint density at radius 1 is 1.62 bits per heavy atom. The summed E-state index contributed by atoms with van der Waals surface area (Å²) in [4.78, 5) is 11.8. The van der Waals surface area contributed by atoms with Gasteiger partial charge >= 0.3 is 6.03 Å². The number of amides is 2. The molecule has 5 heteroatoms. The molecule has 3 nitrogen and oxygen atoms in total. The van der Waals surface area contributed by atoms with Crippen molar-refractivity contribution < 1.29 is 9.18 Å². The number of urea groups is 1. The van der Waals surface area contributed by atoms with Crippen molar-refractivity contribution in [1.82, 2.24) is 0 Å². The molecule has 0 aliphatic rings. The maximum Gasteiger partial charge on any atom is 0.319 e. The average molecular weight is 247 g/mol. The van der Waals surface area contributed by atoms with Gasteiger partial charge in [-0.05, 0) is 18.2 Å². The maximum absolute atomic E-state index is 13.1. The lowest BCUT2D eigenvalue weighted by atomic mass is 10.3. The van der Waals surface area contributed by atoms with Gasteiger partial charge in [0.1, 0.15) is 5.82 Å². The number of benzene rings is 1. The Morgan fingerprint density at radius 2 is 2.23 bits per heavy atom. The van der Waals surface area contributed by atoms with Crippen LogP contribution in [0.2, 0.25) is 0 Å². The first-order valence-corrected chi connectivity index (χ1v) is 4.30. The summed E-state index contributed by atoms with van der Waals surface area (Å²) in [5.41, 5.74) is 5.15. The molecule has 0 aliphatic heterocycles. The molecule has 1 aromatic carbocycles. The van der Waals surface area contributed by atoms with Crippen LogP contribution in [0.5, 0.6) is 0 Å². The summed E-state index contributed by atoms with van der Waals surface area (Å²) in [7, 11) is 1.41. The minimum absolute atomic E-state index is 0.155. The largest absolute Gasteiger partial charge is 0.351 e. The highest BCUT2D eigenvalue weighted by atomic mass is 79.9. The van der Waals surface area contributed by atoms with Crippen molar-refractivity contribution in [3.8, 4) is 0 Å². The van der Waals surface area contributed by atoms with Gasteiger partial charge in [-0.2, -0.15) is 0 Å². The highest BCUT2D eigenvalue weighted by Gasteiger charge is 2.11. The van der Waals surface area contributed by atoms with Gasteiger partial charge in [0.2, 0.25) is 0 Å². The van der Waals surface area contributed by atoms with Crippen molar-refractivity contribution in [3.63, 3.8) is 0 Å². The Hall–Kier alpha value is -1.10. The zero-order chi connectivity index (χ0) is 10.0. The van der Waals surface area contributed by atoms with E-state index in [9.17, 15) is 9.18 Å². The van der Waals surface area contributed by atoms with Crippen LogP contribution < -0.4 is 10.6 Å². The lowest BCUT2D eigenvalue weighted by Crippen LogP contribution is -2.32. The van der Waals surface area contributed by atoms with E-state index in [1.165, 1.54) is 19.2 Å². The molecular weight excluding hydrogens is 239 g/mol. The summed E-state index contributed by atoms with van der Waals surface area (Å²) in [6, 6.07) is 3.60. The minimum atomic E-state index is -0.697. The number of nitrogens with two attached hydrogens (primary N) is 1. The van der Waals surface area contributed by atoms with Crippen molar-refractivity contribution in [2.24, 2.45) is 5.73 Å². The van der Waals surface area contributed by atoms with Crippen LogP contribution in [0.4, 0.5) is 14.9 Å². The fourth-order valence-corrected chi connectivity index (χ4v) is 1.21. The second-order valence-electron chi connectivity index (χ2n) is 2.49. The van der Waals surface area contributed by atoms with Crippen LogP contribution in [0.15, 0.2) is 22.7 Å². The molecule has 0 radical (unpaired) electrons. The van der Waals surface area contributed by atoms with E-state index < -0.39 is 11.8 Å². The first kappa shape index (κ1) is 9.98. The second-order valence-corrected chi connectivity index (χ2v) is 3.41. The van der Waals surface area contributed by atoms with Crippen LogP contribution in [0.3, 0.4) is 0 Å². The van der Waals surface area contributed by atoms with Gasteiger partial charge in [0.15, 0.2) is 0 Å². The summed E-state index contributed by atoms with van der Waals surface area (Å²) >= 11 is 3.17. The Kier molecular flexibility index (Phi) is 2.87. The zero-order valence-electron chi connectivity index (χ0n) is 6.92. The topological polar surface area (TPSA) is 46.3 Å². The van der Waals surface area contributed by atoms with Gasteiger partial charge in [0.05, 0.1) is 5.69 Å². The molecule has 2 amide bonds. The number of halogens is 2.